The zero-order valence-electron chi connectivity index (χ0n) is 9.90. The topological polar surface area (TPSA) is 26.0 Å². The Balaban J connectivity index is 0.00000120. The second-order valence-electron chi connectivity index (χ2n) is 4.72. The molecule has 0 aliphatic heterocycles. The summed E-state index contributed by atoms with van der Waals surface area (Å²) in [6, 6.07) is 16.3. The molecule has 1 aliphatic rings. The highest BCUT2D eigenvalue weighted by Gasteiger charge is 2.39. The molecule has 1 saturated carbocycles. The van der Waals surface area contributed by atoms with E-state index in [9.17, 15) is 0 Å². The van der Waals surface area contributed by atoms with Crippen molar-refractivity contribution in [2.45, 2.75) is 18.4 Å². The van der Waals surface area contributed by atoms with Gasteiger partial charge in [-0.3, -0.25) is 0 Å². The molecule has 2 N–H and O–H groups in total. The van der Waals surface area contributed by atoms with Crippen molar-refractivity contribution in [3.05, 3.63) is 59.1 Å². The fourth-order valence-electron chi connectivity index (χ4n) is 2.12. The second-order valence-corrected chi connectivity index (χ2v) is 5.12. The van der Waals surface area contributed by atoms with Crippen LogP contribution in [0, 0.1) is 0 Å². The van der Waals surface area contributed by atoms with Gasteiger partial charge < -0.3 is 5.73 Å². The Morgan fingerprint density at radius 1 is 1.00 bits per heavy atom. The van der Waals surface area contributed by atoms with Gasteiger partial charge in [0.15, 0.2) is 0 Å². The van der Waals surface area contributed by atoms with Crippen molar-refractivity contribution >= 4 is 24.0 Å². The maximum absolute atomic E-state index is 6.22. The third kappa shape index (κ3) is 2.39. The van der Waals surface area contributed by atoms with Gasteiger partial charge in [0.25, 0.3) is 0 Å². The molecular weight excluding hydrogens is 265 g/mol. The van der Waals surface area contributed by atoms with E-state index < -0.39 is 0 Å². The number of nitrogens with two attached hydrogens (primary N) is 1. The van der Waals surface area contributed by atoms with Crippen LogP contribution in [0.4, 0.5) is 0 Å². The first kappa shape index (κ1) is 13.4. The molecule has 1 fully saturated rings. The van der Waals surface area contributed by atoms with Crippen LogP contribution in [0.5, 0.6) is 0 Å². The van der Waals surface area contributed by atoms with Crippen LogP contribution in [0.2, 0.25) is 5.02 Å². The Hall–Kier alpha value is -1.02. The molecule has 3 heteroatoms. The lowest BCUT2D eigenvalue weighted by Gasteiger charge is -2.11. The quantitative estimate of drug-likeness (QED) is 0.868. The molecule has 2 aromatic rings. The molecule has 94 valence electrons. The summed E-state index contributed by atoms with van der Waals surface area (Å²) >= 11 is 6.21. The highest BCUT2D eigenvalue weighted by Crippen LogP contribution is 2.43. The molecule has 0 atom stereocenters. The Kier molecular flexibility index (Phi) is 3.67. The number of hydrogen-bond donors (Lipinski definition) is 1. The van der Waals surface area contributed by atoms with Crippen LogP contribution in [0.15, 0.2) is 48.5 Å². The Morgan fingerprint density at radius 2 is 1.72 bits per heavy atom. The summed E-state index contributed by atoms with van der Waals surface area (Å²) in [7, 11) is 0. The molecule has 0 unspecified atom stereocenters. The fraction of sp³-hybridized carbons (Fsp3) is 0.200. The second kappa shape index (κ2) is 4.93. The van der Waals surface area contributed by atoms with Gasteiger partial charge in [0.2, 0.25) is 0 Å². The smallest absolute Gasteiger partial charge is 0.0484 e. The summed E-state index contributed by atoms with van der Waals surface area (Å²) in [5, 5.41) is 0.784. The summed E-state index contributed by atoms with van der Waals surface area (Å²) < 4.78 is 0. The molecule has 0 radical (unpaired) electrons. The number of halogens is 2. The summed E-state index contributed by atoms with van der Waals surface area (Å²) in [5.41, 5.74) is 9.56. The molecule has 3 rings (SSSR count). The zero-order chi connectivity index (χ0) is 11.9. The summed E-state index contributed by atoms with van der Waals surface area (Å²) in [6.07, 6.45) is 2.16. The minimum atomic E-state index is -0.0860. The van der Waals surface area contributed by atoms with Gasteiger partial charge in [-0.05, 0) is 36.1 Å². The summed E-state index contributed by atoms with van der Waals surface area (Å²) in [6.45, 7) is 0. The average Bonchev–Trinajstić information content (AvgIpc) is 3.10. The van der Waals surface area contributed by atoms with Gasteiger partial charge >= 0.3 is 0 Å². The van der Waals surface area contributed by atoms with Gasteiger partial charge in [-0.15, -0.1) is 12.4 Å². The predicted molar refractivity (Wildman–Crippen MR) is 79.2 cm³/mol. The molecule has 0 aromatic heterocycles. The SMILES string of the molecule is Cl.NC1(c2cccc(-c3ccccc3Cl)c2)CC1. The first-order valence-electron chi connectivity index (χ1n) is 5.83. The first-order valence-corrected chi connectivity index (χ1v) is 6.21. The fourth-order valence-corrected chi connectivity index (χ4v) is 2.36. The van der Waals surface area contributed by atoms with E-state index in [0.717, 1.165) is 29.0 Å². The lowest BCUT2D eigenvalue weighted by Crippen LogP contribution is -2.18. The lowest BCUT2D eigenvalue weighted by atomic mass is 9.99. The molecule has 0 bridgehead atoms. The van der Waals surface area contributed by atoms with Crippen LogP contribution in [0.3, 0.4) is 0 Å². The molecule has 18 heavy (non-hydrogen) atoms. The van der Waals surface area contributed by atoms with Crippen LogP contribution in [0.1, 0.15) is 18.4 Å². The van der Waals surface area contributed by atoms with Crippen molar-refractivity contribution < 1.29 is 0 Å². The van der Waals surface area contributed by atoms with Crippen LogP contribution >= 0.6 is 24.0 Å². The van der Waals surface area contributed by atoms with Crippen molar-refractivity contribution in [3.8, 4) is 11.1 Å². The van der Waals surface area contributed by atoms with E-state index in [0.29, 0.717) is 0 Å². The van der Waals surface area contributed by atoms with E-state index in [1.165, 1.54) is 5.56 Å². The molecule has 1 nitrogen and oxygen atoms in total. The van der Waals surface area contributed by atoms with Crippen LogP contribution in [0.25, 0.3) is 11.1 Å². The van der Waals surface area contributed by atoms with Crippen molar-refractivity contribution in [1.82, 2.24) is 0 Å². The van der Waals surface area contributed by atoms with E-state index in [-0.39, 0.29) is 17.9 Å². The summed E-state index contributed by atoms with van der Waals surface area (Å²) in [5.74, 6) is 0. The van der Waals surface area contributed by atoms with Crippen molar-refractivity contribution in [2.24, 2.45) is 5.73 Å². The predicted octanol–water partition coefficient (Wildman–Crippen LogP) is 4.38. The molecule has 0 amide bonds. The van der Waals surface area contributed by atoms with Gasteiger partial charge in [-0.2, -0.15) is 0 Å². The minimum Gasteiger partial charge on any atom is -0.321 e. The van der Waals surface area contributed by atoms with Crippen LogP contribution in [-0.4, -0.2) is 0 Å². The van der Waals surface area contributed by atoms with Gasteiger partial charge in [0.1, 0.15) is 0 Å². The van der Waals surface area contributed by atoms with E-state index in [1.807, 2.05) is 24.3 Å². The van der Waals surface area contributed by atoms with Crippen LogP contribution < -0.4 is 5.73 Å². The maximum Gasteiger partial charge on any atom is 0.0484 e. The van der Waals surface area contributed by atoms with Gasteiger partial charge in [0, 0.05) is 16.1 Å². The first-order chi connectivity index (χ1) is 8.19. The van der Waals surface area contributed by atoms with E-state index in [4.69, 9.17) is 17.3 Å². The summed E-state index contributed by atoms with van der Waals surface area (Å²) in [4.78, 5) is 0. The molecule has 0 spiro atoms. The zero-order valence-corrected chi connectivity index (χ0v) is 11.5. The van der Waals surface area contributed by atoms with E-state index in [1.54, 1.807) is 0 Å². The van der Waals surface area contributed by atoms with Gasteiger partial charge in [-0.1, -0.05) is 48.0 Å². The Bertz CT molecular complexity index is 562. The Morgan fingerprint density at radius 3 is 2.39 bits per heavy atom. The monoisotopic (exact) mass is 279 g/mol. The van der Waals surface area contributed by atoms with Crippen molar-refractivity contribution in [2.75, 3.05) is 0 Å². The third-order valence-corrected chi connectivity index (χ3v) is 3.74. The highest BCUT2D eigenvalue weighted by molar-refractivity contribution is 6.33. The molecule has 0 saturated heterocycles. The van der Waals surface area contributed by atoms with Crippen molar-refractivity contribution in [3.63, 3.8) is 0 Å². The van der Waals surface area contributed by atoms with Gasteiger partial charge in [-0.25, -0.2) is 0 Å². The van der Waals surface area contributed by atoms with E-state index in [2.05, 4.69) is 24.3 Å². The minimum absolute atomic E-state index is 0. The van der Waals surface area contributed by atoms with Crippen LogP contribution in [-0.2, 0) is 5.54 Å². The van der Waals surface area contributed by atoms with Gasteiger partial charge in [0.05, 0.1) is 0 Å². The molecular formula is C15H15Cl2N. The number of rotatable bonds is 2. The largest absolute Gasteiger partial charge is 0.321 e. The normalized spacial score (nSPS) is 15.9. The average molecular weight is 280 g/mol. The molecule has 0 heterocycles. The standard InChI is InChI=1S/C15H14ClN.ClH/c16-14-7-2-1-6-13(14)11-4-3-5-12(10-11)15(17)8-9-15;/h1-7,10H,8-9,17H2;1H. The third-order valence-electron chi connectivity index (χ3n) is 3.41. The highest BCUT2D eigenvalue weighted by atomic mass is 35.5. The molecule has 2 aromatic carbocycles. The lowest BCUT2D eigenvalue weighted by molar-refractivity contribution is 0.740. The molecule has 1 aliphatic carbocycles. The van der Waals surface area contributed by atoms with Crippen molar-refractivity contribution in [1.29, 1.82) is 0 Å². The van der Waals surface area contributed by atoms with E-state index >= 15 is 0 Å². The maximum atomic E-state index is 6.22. The number of hydrogen-bond acceptors (Lipinski definition) is 1. The number of benzene rings is 2. The Labute approximate surface area is 118 Å².